The number of carbonyl (C=O) groups excluding carboxylic acids is 2. The minimum atomic E-state index is -0.336. The van der Waals surface area contributed by atoms with E-state index in [0.29, 0.717) is 33.8 Å². The number of rotatable bonds is 8. The van der Waals surface area contributed by atoms with Gasteiger partial charge in [-0.15, -0.1) is 10.2 Å². The van der Waals surface area contributed by atoms with Gasteiger partial charge in [-0.25, -0.2) is 0 Å². The van der Waals surface area contributed by atoms with Gasteiger partial charge in [-0.2, -0.15) is 0 Å². The normalized spacial score (nSPS) is 11.7. The quantitative estimate of drug-likeness (QED) is 0.487. The Morgan fingerprint density at radius 2 is 1.87 bits per heavy atom. The first-order valence-corrected chi connectivity index (χ1v) is 11.2. The van der Waals surface area contributed by atoms with Gasteiger partial charge in [0.05, 0.1) is 11.8 Å². The van der Waals surface area contributed by atoms with Gasteiger partial charge in [-0.3, -0.25) is 9.59 Å². The van der Waals surface area contributed by atoms with E-state index in [1.807, 2.05) is 49.6 Å². The molecule has 0 bridgehead atoms. The Balaban J connectivity index is 1.63. The first-order chi connectivity index (χ1) is 14.9. The largest absolute Gasteiger partial charge is 0.342 e. The molecule has 1 aromatic heterocycles. The zero-order chi connectivity index (χ0) is 22.4. The van der Waals surface area contributed by atoms with Gasteiger partial charge in [0.25, 0.3) is 5.91 Å². The smallest absolute Gasteiger partial charge is 0.251 e. The van der Waals surface area contributed by atoms with Gasteiger partial charge in [0, 0.05) is 22.8 Å². The van der Waals surface area contributed by atoms with E-state index in [9.17, 15) is 9.59 Å². The molecule has 2 aromatic carbocycles. The molecular formula is C22H24ClN5O2S. The van der Waals surface area contributed by atoms with Crippen LogP contribution in [0.15, 0.2) is 53.7 Å². The summed E-state index contributed by atoms with van der Waals surface area (Å²) < 4.78 is 1.90. The molecule has 1 atom stereocenters. The molecule has 2 N–H and O–H groups in total. The molecule has 1 unspecified atom stereocenters. The van der Waals surface area contributed by atoms with Crippen LogP contribution in [0.2, 0.25) is 5.02 Å². The predicted molar refractivity (Wildman–Crippen MR) is 124 cm³/mol. The molecule has 0 aliphatic rings. The van der Waals surface area contributed by atoms with Crippen molar-refractivity contribution in [2.24, 2.45) is 0 Å². The summed E-state index contributed by atoms with van der Waals surface area (Å²) in [7, 11) is 0. The molecule has 0 fully saturated rings. The third-order valence-electron chi connectivity index (χ3n) is 4.71. The number of anilines is 1. The van der Waals surface area contributed by atoms with E-state index in [4.69, 9.17) is 11.6 Å². The molecular weight excluding hydrogens is 434 g/mol. The molecule has 0 saturated heterocycles. The van der Waals surface area contributed by atoms with Crippen molar-refractivity contribution in [2.45, 2.75) is 38.5 Å². The first-order valence-electron chi connectivity index (χ1n) is 9.87. The van der Waals surface area contributed by atoms with Gasteiger partial charge >= 0.3 is 0 Å². The molecule has 0 aliphatic carbocycles. The Hall–Kier alpha value is -2.84. The first kappa shape index (κ1) is 22.8. The van der Waals surface area contributed by atoms with Crippen molar-refractivity contribution in [1.82, 2.24) is 20.1 Å². The van der Waals surface area contributed by atoms with Gasteiger partial charge < -0.3 is 15.2 Å². The molecule has 1 heterocycles. The van der Waals surface area contributed by atoms with Crippen LogP contribution in [-0.2, 0) is 11.3 Å². The highest BCUT2D eigenvalue weighted by Gasteiger charge is 2.20. The summed E-state index contributed by atoms with van der Waals surface area (Å²) in [6.07, 6.45) is 0. The summed E-state index contributed by atoms with van der Waals surface area (Å²) in [6, 6.07) is 14.1. The van der Waals surface area contributed by atoms with Crippen LogP contribution < -0.4 is 10.6 Å². The highest BCUT2D eigenvalue weighted by Crippen LogP contribution is 2.24. The molecule has 3 aromatic rings. The Bertz CT molecular complexity index is 1070. The molecule has 0 spiro atoms. The number of hydrogen-bond acceptors (Lipinski definition) is 5. The molecule has 2 amide bonds. The van der Waals surface area contributed by atoms with E-state index in [0.717, 1.165) is 5.56 Å². The number of benzene rings is 2. The maximum absolute atomic E-state index is 12.4. The second-order valence-corrected chi connectivity index (χ2v) is 8.25. The summed E-state index contributed by atoms with van der Waals surface area (Å²) in [4.78, 5) is 24.8. The molecule has 3 rings (SSSR count). The van der Waals surface area contributed by atoms with Crippen LogP contribution >= 0.6 is 23.4 Å². The third kappa shape index (κ3) is 5.65. The van der Waals surface area contributed by atoms with Crippen LogP contribution in [0.3, 0.4) is 0 Å². The lowest BCUT2D eigenvalue weighted by molar-refractivity contribution is -0.113. The van der Waals surface area contributed by atoms with E-state index >= 15 is 0 Å². The third-order valence-corrected chi connectivity index (χ3v) is 6.08. The summed E-state index contributed by atoms with van der Waals surface area (Å²) in [6.45, 7) is 6.31. The van der Waals surface area contributed by atoms with Crippen molar-refractivity contribution in [3.63, 3.8) is 0 Å². The number of amides is 2. The standard InChI is InChI=1S/C22H24ClN5O2S/c1-4-28-20(15(3)24-21(30)16-9-6-5-7-10-16)26-27-22(28)31-13-19(29)25-18-12-8-11-17(23)14(18)2/h5-12,15H,4,13H2,1-3H3,(H,24,30)(H,25,29). The number of halogens is 1. The minimum absolute atomic E-state index is 0.159. The van der Waals surface area contributed by atoms with Crippen molar-refractivity contribution >= 4 is 40.9 Å². The Labute approximate surface area is 190 Å². The zero-order valence-electron chi connectivity index (χ0n) is 17.6. The fourth-order valence-corrected chi connectivity index (χ4v) is 4.00. The van der Waals surface area contributed by atoms with Crippen molar-refractivity contribution in [2.75, 3.05) is 11.1 Å². The van der Waals surface area contributed by atoms with Crippen molar-refractivity contribution in [3.05, 3.63) is 70.5 Å². The summed E-state index contributed by atoms with van der Waals surface area (Å²) in [5.41, 5.74) is 2.09. The van der Waals surface area contributed by atoms with E-state index in [1.54, 1.807) is 24.3 Å². The minimum Gasteiger partial charge on any atom is -0.342 e. The molecule has 7 nitrogen and oxygen atoms in total. The average Bonchev–Trinajstić information content (AvgIpc) is 3.19. The molecule has 162 valence electrons. The maximum Gasteiger partial charge on any atom is 0.251 e. The fraction of sp³-hybridized carbons (Fsp3) is 0.273. The molecule has 0 radical (unpaired) electrons. The highest BCUT2D eigenvalue weighted by atomic mass is 35.5. The van der Waals surface area contributed by atoms with Crippen LogP contribution in [0.5, 0.6) is 0 Å². The average molecular weight is 458 g/mol. The molecule has 31 heavy (non-hydrogen) atoms. The van der Waals surface area contributed by atoms with E-state index in [2.05, 4.69) is 20.8 Å². The van der Waals surface area contributed by atoms with Crippen LogP contribution in [0.25, 0.3) is 0 Å². The SMILES string of the molecule is CCn1c(SCC(=O)Nc2cccc(Cl)c2C)nnc1C(C)NC(=O)c1ccccc1. The Kier molecular flexibility index (Phi) is 7.70. The maximum atomic E-state index is 12.4. The zero-order valence-corrected chi connectivity index (χ0v) is 19.1. The molecule has 0 saturated carbocycles. The molecule has 9 heteroatoms. The number of hydrogen-bond donors (Lipinski definition) is 2. The van der Waals surface area contributed by atoms with Gasteiger partial charge in [0.2, 0.25) is 5.91 Å². The van der Waals surface area contributed by atoms with E-state index in [-0.39, 0.29) is 23.6 Å². The number of carbonyl (C=O) groups is 2. The second-order valence-electron chi connectivity index (χ2n) is 6.90. The van der Waals surface area contributed by atoms with E-state index in [1.165, 1.54) is 11.8 Å². The van der Waals surface area contributed by atoms with E-state index < -0.39 is 0 Å². The van der Waals surface area contributed by atoms with Gasteiger partial charge in [-0.1, -0.05) is 47.6 Å². The van der Waals surface area contributed by atoms with Crippen molar-refractivity contribution in [1.29, 1.82) is 0 Å². The molecule has 0 aliphatic heterocycles. The number of aromatic nitrogens is 3. The number of thioether (sulfide) groups is 1. The number of nitrogens with zero attached hydrogens (tertiary/aromatic N) is 3. The lowest BCUT2D eigenvalue weighted by atomic mass is 10.2. The summed E-state index contributed by atoms with van der Waals surface area (Å²) in [5, 5.41) is 15.5. The van der Waals surface area contributed by atoms with Crippen molar-refractivity contribution < 1.29 is 9.59 Å². The van der Waals surface area contributed by atoms with Crippen LogP contribution in [0.4, 0.5) is 5.69 Å². The topological polar surface area (TPSA) is 88.9 Å². The Morgan fingerprint density at radius 3 is 2.58 bits per heavy atom. The lowest BCUT2D eigenvalue weighted by Gasteiger charge is -2.15. The monoisotopic (exact) mass is 457 g/mol. The summed E-state index contributed by atoms with van der Waals surface area (Å²) in [5.74, 6) is 0.479. The number of nitrogens with one attached hydrogen (secondary N) is 2. The highest BCUT2D eigenvalue weighted by molar-refractivity contribution is 7.99. The van der Waals surface area contributed by atoms with Crippen LogP contribution in [0, 0.1) is 6.92 Å². The summed E-state index contributed by atoms with van der Waals surface area (Å²) >= 11 is 7.40. The van der Waals surface area contributed by atoms with Gasteiger partial charge in [0.15, 0.2) is 11.0 Å². The Morgan fingerprint density at radius 1 is 1.13 bits per heavy atom. The lowest BCUT2D eigenvalue weighted by Crippen LogP contribution is -2.28. The van der Waals surface area contributed by atoms with Crippen molar-refractivity contribution in [3.8, 4) is 0 Å². The fourth-order valence-electron chi connectivity index (χ4n) is 3.02. The van der Waals surface area contributed by atoms with Gasteiger partial charge in [-0.05, 0) is 50.6 Å². The van der Waals surface area contributed by atoms with Gasteiger partial charge in [0.1, 0.15) is 0 Å². The van der Waals surface area contributed by atoms with Crippen LogP contribution in [0.1, 0.15) is 41.6 Å². The van der Waals surface area contributed by atoms with Crippen LogP contribution in [-0.4, -0.2) is 32.3 Å². The second kappa shape index (κ2) is 10.5. The predicted octanol–water partition coefficient (Wildman–Crippen LogP) is 4.48.